The van der Waals surface area contributed by atoms with E-state index in [4.69, 9.17) is 4.74 Å². The summed E-state index contributed by atoms with van der Waals surface area (Å²) in [5, 5.41) is 10.8. The molecule has 0 aromatic carbocycles. The number of hydrogen-bond acceptors (Lipinski definition) is 6. The number of aryl methyl sites for hydroxylation is 2. The fourth-order valence-electron chi connectivity index (χ4n) is 1.85. The van der Waals surface area contributed by atoms with E-state index in [1.807, 2.05) is 13.0 Å². The minimum Gasteiger partial charge on any atom is -0.418 e. The molecule has 3 rings (SSSR count). The lowest BCUT2D eigenvalue weighted by atomic mass is 10.3. The number of rotatable bonds is 4. The van der Waals surface area contributed by atoms with Crippen LogP contribution in [0.25, 0.3) is 10.2 Å². The van der Waals surface area contributed by atoms with Gasteiger partial charge in [-0.2, -0.15) is 4.98 Å². The van der Waals surface area contributed by atoms with Crippen LogP contribution < -0.4 is 10.1 Å². The van der Waals surface area contributed by atoms with Crippen LogP contribution in [0.2, 0.25) is 0 Å². The predicted octanol–water partition coefficient (Wildman–Crippen LogP) is 3.12. The molecule has 0 fully saturated rings. The topological polar surface area (TPSA) is 75.7 Å². The predicted molar refractivity (Wildman–Crippen MR) is 79.7 cm³/mol. The third-order valence-electron chi connectivity index (χ3n) is 2.86. The number of hydrogen-bond donors (Lipinski definition) is 2. The van der Waals surface area contributed by atoms with Gasteiger partial charge in [0.2, 0.25) is 17.7 Å². The molecular weight excluding hydrogens is 274 g/mol. The van der Waals surface area contributed by atoms with Crippen LogP contribution in [-0.2, 0) is 6.42 Å². The van der Waals surface area contributed by atoms with E-state index < -0.39 is 0 Å². The number of nitrogens with one attached hydrogen (secondary N) is 2. The Morgan fingerprint density at radius 2 is 2.20 bits per heavy atom. The second-order valence-electron chi connectivity index (χ2n) is 4.38. The molecule has 0 spiro atoms. The van der Waals surface area contributed by atoms with Crippen LogP contribution >= 0.6 is 11.3 Å². The Labute approximate surface area is 120 Å². The summed E-state index contributed by atoms with van der Waals surface area (Å²) in [5.74, 6) is 1.58. The first-order valence-corrected chi connectivity index (χ1v) is 7.19. The number of fused-ring (bicyclic) bond motifs is 1. The molecule has 0 saturated heterocycles. The van der Waals surface area contributed by atoms with E-state index in [1.54, 1.807) is 18.4 Å². The van der Waals surface area contributed by atoms with Gasteiger partial charge in [0.05, 0.1) is 5.39 Å². The van der Waals surface area contributed by atoms with Crippen molar-refractivity contribution in [2.45, 2.75) is 20.3 Å². The molecule has 3 aromatic heterocycles. The Hall–Kier alpha value is -2.15. The molecule has 0 unspecified atom stereocenters. The molecule has 0 amide bonds. The highest BCUT2D eigenvalue weighted by atomic mass is 32.1. The van der Waals surface area contributed by atoms with Gasteiger partial charge < -0.3 is 10.1 Å². The van der Waals surface area contributed by atoms with Crippen molar-refractivity contribution in [2.24, 2.45) is 0 Å². The van der Waals surface area contributed by atoms with Crippen molar-refractivity contribution in [3.8, 4) is 11.8 Å². The zero-order valence-corrected chi connectivity index (χ0v) is 12.3. The van der Waals surface area contributed by atoms with Gasteiger partial charge in [0.15, 0.2) is 0 Å². The molecule has 0 saturated carbocycles. The molecule has 3 heterocycles. The van der Waals surface area contributed by atoms with Gasteiger partial charge in [-0.15, -0.1) is 16.4 Å². The highest BCUT2D eigenvalue weighted by molar-refractivity contribution is 7.18. The van der Waals surface area contributed by atoms with Gasteiger partial charge in [0.1, 0.15) is 4.83 Å². The van der Waals surface area contributed by atoms with Gasteiger partial charge in [-0.25, -0.2) is 4.98 Å². The SMILES string of the molecule is CCc1cc2c(Oc3cc(C)[nH]n3)nc(NC)nc2s1. The molecule has 0 aliphatic heterocycles. The summed E-state index contributed by atoms with van der Waals surface area (Å²) in [6, 6.07) is 3.91. The molecule has 104 valence electrons. The molecule has 0 bridgehead atoms. The lowest BCUT2D eigenvalue weighted by Crippen LogP contribution is -1.98. The highest BCUT2D eigenvalue weighted by Gasteiger charge is 2.13. The minimum atomic E-state index is 0.508. The smallest absolute Gasteiger partial charge is 0.240 e. The Balaban J connectivity index is 2.09. The average Bonchev–Trinajstić information content (AvgIpc) is 3.04. The van der Waals surface area contributed by atoms with Gasteiger partial charge in [0.25, 0.3) is 0 Å². The van der Waals surface area contributed by atoms with Crippen molar-refractivity contribution in [3.63, 3.8) is 0 Å². The van der Waals surface area contributed by atoms with E-state index in [0.717, 1.165) is 22.3 Å². The summed E-state index contributed by atoms with van der Waals surface area (Å²) in [7, 11) is 1.79. The molecule has 0 aliphatic rings. The van der Waals surface area contributed by atoms with Gasteiger partial charge in [-0.3, -0.25) is 5.10 Å². The Bertz CT molecular complexity index is 748. The van der Waals surface area contributed by atoms with Crippen molar-refractivity contribution in [1.82, 2.24) is 20.2 Å². The molecule has 0 radical (unpaired) electrons. The number of nitrogens with zero attached hydrogens (tertiary/aromatic N) is 3. The molecule has 7 heteroatoms. The van der Waals surface area contributed by atoms with Gasteiger partial charge >= 0.3 is 0 Å². The summed E-state index contributed by atoms with van der Waals surface area (Å²) in [6.07, 6.45) is 0.969. The first-order valence-electron chi connectivity index (χ1n) is 6.37. The fraction of sp³-hybridized carbons (Fsp3) is 0.308. The van der Waals surface area contributed by atoms with Crippen molar-refractivity contribution in [3.05, 3.63) is 22.7 Å². The van der Waals surface area contributed by atoms with Crippen LogP contribution in [0.4, 0.5) is 5.95 Å². The van der Waals surface area contributed by atoms with E-state index >= 15 is 0 Å². The number of thiophene rings is 1. The number of ether oxygens (including phenoxy) is 1. The third-order valence-corrected chi connectivity index (χ3v) is 4.04. The van der Waals surface area contributed by atoms with Crippen molar-refractivity contribution >= 4 is 27.5 Å². The van der Waals surface area contributed by atoms with Crippen molar-refractivity contribution in [2.75, 3.05) is 12.4 Å². The molecule has 2 N–H and O–H groups in total. The Kier molecular flexibility index (Phi) is 3.27. The normalized spacial score (nSPS) is 10.9. The van der Waals surface area contributed by atoms with E-state index in [9.17, 15) is 0 Å². The number of aromatic amines is 1. The molecule has 6 nitrogen and oxygen atoms in total. The van der Waals surface area contributed by atoms with Crippen LogP contribution in [-0.4, -0.2) is 27.2 Å². The number of H-pyrrole nitrogens is 1. The Morgan fingerprint density at radius 1 is 1.35 bits per heavy atom. The summed E-state index contributed by atoms with van der Waals surface area (Å²) in [4.78, 5) is 11.0. The monoisotopic (exact) mass is 289 g/mol. The zero-order chi connectivity index (χ0) is 14.1. The molecule has 0 atom stereocenters. The zero-order valence-electron chi connectivity index (χ0n) is 11.5. The fourth-order valence-corrected chi connectivity index (χ4v) is 2.81. The quantitative estimate of drug-likeness (QED) is 0.771. The summed E-state index contributed by atoms with van der Waals surface area (Å²) >= 11 is 1.66. The second kappa shape index (κ2) is 5.09. The van der Waals surface area contributed by atoms with Crippen molar-refractivity contribution < 1.29 is 4.74 Å². The van der Waals surface area contributed by atoms with Crippen LogP contribution in [0.1, 0.15) is 17.5 Å². The summed E-state index contributed by atoms with van der Waals surface area (Å²) in [6.45, 7) is 4.04. The van der Waals surface area contributed by atoms with E-state index in [2.05, 4.69) is 38.5 Å². The Morgan fingerprint density at radius 3 is 2.85 bits per heavy atom. The number of anilines is 1. The van der Waals surface area contributed by atoms with Gasteiger partial charge in [0, 0.05) is 23.7 Å². The largest absolute Gasteiger partial charge is 0.418 e. The number of aromatic nitrogens is 4. The molecule has 20 heavy (non-hydrogen) atoms. The van der Waals surface area contributed by atoms with Crippen LogP contribution in [0.5, 0.6) is 11.8 Å². The first kappa shape index (κ1) is 12.9. The van der Waals surface area contributed by atoms with Crippen LogP contribution in [0.3, 0.4) is 0 Å². The van der Waals surface area contributed by atoms with E-state index in [1.165, 1.54) is 4.88 Å². The van der Waals surface area contributed by atoms with E-state index in [-0.39, 0.29) is 0 Å². The minimum absolute atomic E-state index is 0.508. The molecular formula is C13H15N5OS. The van der Waals surface area contributed by atoms with E-state index in [0.29, 0.717) is 17.7 Å². The maximum absolute atomic E-state index is 5.79. The highest BCUT2D eigenvalue weighted by Crippen LogP contribution is 2.33. The third kappa shape index (κ3) is 2.32. The lowest BCUT2D eigenvalue weighted by molar-refractivity contribution is 0.449. The van der Waals surface area contributed by atoms with Crippen LogP contribution in [0, 0.1) is 6.92 Å². The van der Waals surface area contributed by atoms with Crippen molar-refractivity contribution in [1.29, 1.82) is 0 Å². The lowest BCUT2D eigenvalue weighted by Gasteiger charge is -2.04. The van der Waals surface area contributed by atoms with Gasteiger partial charge in [-0.1, -0.05) is 6.92 Å². The molecule has 3 aromatic rings. The summed E-state index contributed by atoms with van der Waals surface area (Å²) in [5.41, 5.74) is 0.943. The molecule has 0 aliphatic carbocycles. The van der Waals surface area contributed by atoms with Gasteiger partial charge in [-0.05, 0) is 19.4 Å². The standard InChI is InChI=1S/C13H15N5OS/c1-4-8-6-9-11(19-10-5-7(2)17-18-10)15-13(14-3)16-12(9)20-8/h5-6H,4H2,1-3H3,(H,17,18)(H,14,15,16). The summed E-state index contributed by atoms with van der Waals surface area (Å²) < 4.78 is 5.79. The average molecular weight is 289 g/mol. The first-order chi connectivity index (χ1) is 9.69. The van der Waals surface area contributed by atoms with Crippen LogP contribution in [0.15, 0.2) is 12.1 Å². The maximum Gasteiger partial charge on any atom is 0.240 e. The second-order valence-corrected chi connectivity index (χ2v) is 5.49. The maximum atomic E-state index is 5.79.